The number of carbonyl (C=O) groups excluding carboxylic acids is 1. The molecule has 1 aromatic heterocycles. The quantitative estimate of drug-likeness (QED) is 0.253. The first kappa shape index (κ1) is 25.9. The normalized spacial score (nSPS) is 12.9. The van der Waals surface area contributed by atoms with Crippen molar-refractivity contribution in [1.29, 1.82) is 5.26 Å². The average molecular weight is 514 g/mol. The molecule has 0 bridgehead atoms. The maximum absolute atomic E-state index is 12.1. The smallest absolute Gasteiger partial charge is 0.227 e. The lowest BCUT2D eigenvalue weighted by atomic mass is 9.95. The topological polar surface area (TPSA) is 81.9 Å². The fourth-order valence-corrected chi connectivity index (χ4v) is 4.98. The molecule has 0 spiro atoms. The molecule has 1 saturated heterocycles. The zero-order chi connectivity index (χ0) is 27.0. The molecule has 3 aromatic carbocycles. The number of piperidine rings is 1. The van der Waals surface area contributed by atoms with Gasteiger partial charge in [0.05, 0.1) is 17.3 Å². The van der Waals surface area contributed by atoms with Crippen molar-refractivity contribution in [1.82, 2.24) is 9.97 Å². The van der Waals surface area contributed by atoms with Crippen LogP contribution in [0, 0.1) is 11.3 Å². The lowest BCUT2D eigenvalue weighted by molar-refractivity contribution is -0.114. The van der Waals surface area contributed by atoms with Crippen LogP contribution in [-0.4, -0.2) is 28.8 Å². The van der Waals surface area contributed by atoms with Gasteiger partial charge < -0.3 is 10.2 Å². The Hall–Kier alpha value is -4.76. The first-order valence-electron chi connectivity index (χ1n) is 13.3. The highest BCUT2D eigenvalue weighted by Gasteiger charge is 2.17. The lowest BCUT2D eigenvalue weighted by Crippen LogP contribution is -2.29. The highest BCUT2D eigenvalue weighted by Crippen LogP contribution is 2.30. The number of rotatable bonds is 9. The fourth-order valence-electron chi connectivity index (χ4n) is 4.98. The van der Waals surface area contributed by atoms with Crippen LogP contribution in [0.15, 0.2) is 91.6 Å². The van der Waals surface area contributed by atoms with Crippen molar-refractivity contribution < 1.29 is 4.79 Å². The van der Waals surface area contributed by atoms with Gasteiger partial charge in [-0.3, -0.25) is 4.79 Å². The summed E-state index contributed by atoms with van der Waals surface area (Å²) < 4.78 is 0. The second-order valence-corrected chi connectivity index (χ2v) is 9.79. The Bertz CT molecular complexity index is 1520. The summed E-state index contributed by atoms with van der Waals surface area (Å²) in [5.41, 5.74) is 6.78. The van der Waals surface area contributed by atoms with Crippen molar-refractivity contribution in [2.45, 2.75) is 32.1 Å². The van der Waals surface area contributed by atoms with E-state index in [0.717, 1.165) is 35.5 Å². The Morgan fingerprint density at radius 1 is 1.00 bits per heavy atom. The summed E-state index contributed by atoms with van der Waals surface area (Å²) in [5.74, 6) is 0.378. The molecule has 1 aliphatic heterocycles. The molecule has 0 amide bonds. The Balaban J connectivity index is 1.53. The minimum Gasteiger partial charge on any atom is -0.371 e. The summed E-state index contributed by atoms with van der Waals surface area (Å²) in [6.07, 6.45) is 7.70. The van der Waals surface area contributed by atoms with E-state index < -0.39 is 0 Å². The van der Waals surface area contributed by atoms with Crippen molar-refractivity contribution in [3.05, 3.63) is 114 Å². The Kier molecular flexibility index (Phi) is 8.09. The summed E-state index contributed by atoms with van der Waals surface area (Å²) in [4.78, 5) is 24.1. The Morgan fingerprint density at radius 2 is 1.82 bits per heavy atom. The lowest BCUT2D eigenvalue weighted by Gasteiger charge is -2.29. The predicted molar refractivity (Wildman–Crippen MR) is 156 cm³/mol. The van der Waals surface area contributed by atoms with Crippen LogP contribution in [-0.2, 0) is 17.6 Å². The van der Waals surface area contributed by atoms with Crippen LogP contribution < -0.4 is 10.2 Å². The van der Waals surface area contributed by atoms with Gasteiger partial charge in [-0.25, -0.2) is 9.97 Å². The molecule has 4 aromatic rings. The number of anilines is 3. The summed E-state index contributed by atoms with van der Waals surface area (Å²) in [7, 11) is 0. The maximum atomic E-state index is 12.1. The molecule has 6 heteroatoms. The molecule has 1 fully saturated rings. The Labute approximate surface area is 229 Å². The minimum absolute atomic E-state index is 0.0752. The SMILES string of the molecule is C=CC(=O)Cc1ccc(C#N)c(-c2nc(Nc3cccc(N4CCCCC4)c3)ncc2Cc2ccccc2)c1. The van der Waals surface area contributed by atoms with Gasteiger partial charge in [0.1, 0.15) is 0 Å². The zero-order valence-electron chi connectivity index (χ0n) is 21.9. The molecule has 0 radical (unpaired) electrons. The molecule has 0 unspecified atom stereocenters. The van der Waals surface area contributed by atoms with Crippen molar-refractivity contribution in [3.63, 3.8) is 0 Å². The molecular weight excluding hydrogens is 482 g/mol. The summed E-state index contributed by atoms with van der Waals surface area (Å²) in [6, 6.07) is 26.2. The zero-order valence-corrected chi connectivity index (χ0v) is 21.9. The van der Waals surface area contributed by atoms with Gasteiger partial charge in [-0.15, -0.1) is 0 Å². The minimum atomic E-state index is -0.0752. The van der Waals surface area contributed by atoms with Crippen LogP contribution >= 0.6 is 0 Å². The van der Waals surface area contributed by atoms with Crippen LogP contribution in [0.3, 0.4) is 0 Å². The van der Waals surface area contributed by atoms with Crippen LogP contribution in [0.1, 0.15) is 41.5 Å². The molecule has 39 heavy (non-hydrogen) atoms. The van der Waals surface area contributed by atoms with Gasteiger partial charge in [0.15, 0.2) is 5.78 Å². The summed E-state index contributed by atoms with van der Waals surface area (Å²) in [6.45, 7) is 5.72. The van der Waals surface area contributed by atoms with Crippen molar-refractivity contribution in [2.75, 3.05) is 23.3 Å². The maximum Gasteiger partial charge on any atom is 0.227 e. The van der Waals surface area contributed by atoms with Gasteiger partial charge in [-0.05, 0) is 66.8 Å². The van der Waals surface area contributed by atoms with E-state index in [9.17, 15) is 10.1 Å². The second-order valence-electron chi connectivity index (χ2n) is 9.79. The molecule has 1 N–H and O–H groups in total. The molecule has 0 atom stereocenters. The second kappa shape index (κ2) is 12.2. The van der Waals surface area contributed by atoms with Crippen molar-refractivity contribution >= 4 is 23.1 Å². The number of hydrogen-bond acceptors (Lipinski definition) is 6. The van der Waals surface area contributed by atoms with E-state index >= 15 is 0 Å². The number of carbonyl (C=O) groups is 1. The van der Waals surface area contributed by atoms with Crippen molar-refractivity contribution in [2.24, 2.45) is 0 Å². The van der Waals surface area contributed by atoms with E-state index in [-0.39, 0.29) is 12.2 Å². The highest BCUT2D eigenvalue weighted by atomic mass is 16.1. The standard InChI is InChI=1S/C33H31N5O/c1-2-30(39)19-25-14-15-26(22-34)31(20-25)32-27(18-24-10-5-3-6-11-24)23-35-33(37-32)36-28-12-9-13-29(21-28)38-16-7-4-8-17-38/h2-3,5-6,9-15,20-21,23H,1,4,7-8,16-19H2,(H,35,36,37). The van der Waals surface area contributed by atoms with E-state index in [4.69, 9.17) is 4.98 Å². The van der Waals surface area contributed by atoms with Gasteiger partial charge in [0.25, 0.3) is 0 Å². The van der Waals surface area contributed by atoms with Gasteiger partial charge >= 0.3 is 0 Å². The number of nitrogens with zero attached hydrogens (tertiary/aromatic N) is 4. The average Bonchev–Trinajstić information content (AvgIpc) is 2.99. The highest BCUT2D eigenvalue weighted by molar-refractivity contribution is 5.91. The number of benzene rings is 3. The molecule has 5 rings (SSSR count). The van der Waals surface area contributed by atoms with E-state index in [1.807, 2.05) is 48.7 Å². The first-order chi connectivity index (χ1) is 19.1. The third-order valence-corrected chi connectivity index (χ3v) is 6.99. The number of allylic oxidation sites excluding steroid dienone is 1. The number of hydrogen-bond donors (Lipinski definition) is 1. The molecule has 6 nitrogen and oxygen atoms in total. The van der Waals surface area contributed by atoms with Crippen LogP contribution in [0.5, 0.6) is 0 Å². The van der Waals surface area contributed by atoms with E-state index in [2.05, 4.69) is 52.1 Å². The molecule has 2 heterocycles. The molecule has 1 aliphatic rings. The van der Waals surface area contributed by atoms with Crippen LogP contribution in [0.4, 0.5) is 17.3 Å². The summed E-state index contributed by atoms with van der Waals surface area (Å²) in [5, 5.41) is 13.3. The summed E-state index contributed by atoms with van der Waals surface area (Å²) >= 11 is 0. The number of aromatic nitrogens is 2. The van der Waals surface area contributed by atoms with Crippen molar-refractivity contribution in [3.8, 4) is 17.3 Å². The number of ketones is 1. The third-order valence-electron chi connectivity index (χ3n) is 6.99. The Morgan fingerprint density at radius 3 is 2.59 bits per heavy atom. The largest absolute Gasteiger partial charge is 0.371 e. The van der Waals surface area contributed by atoms with Crippen LogP contribution in [0.2, 0.25) is 0 Å². The van der Waals surface area contributed by atoms with Crippen LogP contribution in [0.25, 0.3) is 11.3 Å². The van der Waals surface area contributed by atoms with Gasteiger partial charge in [0.2, 0.25) is 5.95 Å². The van der Waals surface area contributed by atoms with E-state index in [0.29, 0.717) is 29.2 Å². The molecule has 194 valence electrons. The fraction of sp³-hybridized carbons (Fsp3) is 0.212. The predicted octanol–water partition coefficient (Wildman–Crippen LogP) is 6.64. The molecule has 0 aliphatic carbocycles. The molecule has 0 saturated carbocycles. The first-order valence-corrected chi connectivity index (χ1v) is 13.3. The number of nitrogens with one attached hydrogen (secondary N) is 1. The van der Waals surface area contributed by atoms with E-state index in [1.54, 1.807) is 6.07 Å². The third kappa shape index (κ3) is 6.39. The monoisotopic (exact) mass is 513 g/mol. The van der Waals surface area contributed by atoms with Gasteiger partial charge in [-0.2, -0.15) is 5.26 Å². The van der Waals surface area contributed by atoms with E-state index in [1.165, 1.54) is 31.0 Å². The van der Waals surface area contributed by atoms with Gasteiger partial charge in [-0.1, -0.05) is 49.0 Å². The number of nitriles is 1. The van der Waals surface area contributed by atoms with Gasteiger partial charge in [0, 0.05) is 54.6 Å². The molecular formula is C33H31N5O.